The van der Waals surface area contributed by atoms with Crippen LogP contribution in [0.5, 0.6) is 0 Å². The van der Waals surface area contributed by atoms with Crippen LogP contribution in [0.4, 0.5) is 4.79 Å². The second-order valence-electron chi connectivity index (χ2n) is 7.99. The zero-order valence-corrected chi connectivity index (χ0v) is 16.5. The van der Waals surface area contributed by atoms with Crippen LogP contribution in [-0.4, -0.2) is 51.5 Å². The van der Waals surface area contributed by atoms with Gasteiger partial charge in [0.15, 0.2) is 0 Å². The van der Waals surface area contributed by atoms with Crippen LogP contribution < -0.4 is 5.32 Å². The van der Waals surface area contributed by atoms with Gasteiger partial charge in [-0.3, -0.25) is 4.79 Å². The smallest absolute Gasteiger partial charge is 0.318 e. The van der Waals surface area contributed by atoms with Crippen LogP contribution in [0.1, 0.15) is 44.0 Å². The Morgan fingerprint density at radius 3 is 2.54 bits per heavy atom. The molecular weight excluding hydrogens is 352 g/mol. The number of carbonyl (C=O) groups excluding carboxylic acids is 2. The lowest BCUT2D eigenvalue weighted by atomic mass is 10.00. The Morgan fingerprint density at radius 2 is 1.86 bits per heavy atom. The Labute approximate surface area is 166 Å². The van der Waals surface area contributed by atoms with E-state index in [2.05, 4.69) is 34.3 Å². The van der Waals surface area contributed by atoms with Gasteiger partial charge in [-0.1, -0.05) is 30.3 Å². The molecule has 1 atom stereocenters. The molecule has 6 heteroatoms. The number of fused-ring (bicyclic) bond motifs is 1. The summed E-state index contributed by atoms with van der Waals surface area (Å²) in [6.45, 7) is 5.43. The molecule has 0 spiro atoms. The lowest BCUT2D eigenvalue weighted by molar-refractivity contribution is -0.134. The van der Waals surface area contributed by atoms with Gasteiger partial charge in [0.25, 0.3) is 0 Å². The summed E-state index contributed by atoms with van der Waals surface area (Å²) in [7, 11) is 0. The zero-order chi connectivity index (χ0) is 19.7. The van der Waals surface area contributed by atoms with Crippen molar-refractivity contribution in [3.8, 4) is 0 Å². The molecule has 1 aromatic carbocycles. The zero-order valence-electron chi connectivity index (χ0n) is 16.5. The van der Waals surface area contributed by atoms with E-state index in [9.17, 15) is 9.59 Å². The van der Waals surface area contributed by atoms with Crippen LogP contribution in [0.15, 0.2) is 48.7 Å². The lowest BCUT2D eigenvalue weighted by Crippen LogP contribution is -2.51. The second kappa shape index (κ2) is 7.70. The molecule has 1 N–H and O–H groups in total. The molecule has 1 aliphatic heterocycles. The number of hydrogen-bond donors (Lipinski definition) is 1. The van der Waals surface area contributed by atoms with Crippen molar-refractivity contribution in [2.45, 2.75) is 51.4 Å². The molecule has 148 valence electrons. The molecule has 1 fully saturated rings. The van der Waals surface area contributed by atoms with Crippen LogP contribution in [0.2, 0.25) is 0 Å². The monoisotopic (exact) mass is 380 g/mol. The van der Waals surface area contributed by atoms with Gasteiger partial charge >= 0.3 is 6.03 Å². The maximum Gasteiger partial charge on any atom is 0.318 e. The Hall–Kier alpha value is -2.76. The Morgan fingerprint density at radius 1 is 1.11 bits per heavy atom. The highest BCUT2D eigenvalue weighted by Gasteiger charge is 2.38. The summed E-state index contributed by atoms with van der Waals surface area (Å²) in [5.41, 5.74) is 2.22. The highest BCUT2D eigenvalue weighted by atomic mass is 16.2. The van der Waals surface area contributed by atoms with E-state index in [1.165, 1.54) is 0 Å². The van der Waals surface area contributed by atoms with E-state index in [0.29, 0.717) is 6.54 Å². The average molecular weight is 380 g/mol. The van der Waals surface area contributed by atoms with Gasteiger partial charge in [-0.15, -0.1) is 0 Å². The maximum absolute atomic E-state index is 13.3. The summed E-state index contributed by atoms with van der Waals surface area (Å²) in [6.07, 6.45) is 4.02. The van der Waals surface area contributed by atoms with Gasteiger partial charge in [0, 0.05) is 37.1 Å². The highest BCUT2D eigenvalue weighted by Crippen LogP contribution is 2.33. The van der Waals surface area contributed by atoms with Gasteiger partial charge < -0.3 is 19.7 Å². The minimum atomic E-state index is -0.137. The third kappa shape index (κ3) is 3.77. The van der Waals surface area contributed by atoms with Crippen molar-refractivity contribution in [3.05, 3.63) is 59.9 Å². The molecule has 1 aromatic heterocycles. The van der Waals surface area contributed by atoms with E-state index in [4.69, 9.17) is 0 Å². The Bertz CT molecular complexity index is 841. The fraction of sp³-hybridized carbons (Fsp3) is 0.455. The predicted octanol–water partition coefficient (Wildman–Crippen LogP) is 3.00. The van der Waals surface area contributed by atoms with Crippen molar-refractivity contribution in [3.63, 3.8) is 0 Å². The number of rotatable bonds is 5. The van der Waals surface area contributed by atoms with Gasteiger partial charge in [-0.25, -0.2) is 4.79 Å². The van der Waals surface area contributed by atoms with Crippen LogP contribution in [0, 0.1) is 0 Å². The molecule has 0 radical (unpaired) electrons. The van der Waals surface area contributed by atoms with Crippen LogP contribution in [0.25, 0.3) is 0 Å². The van der Waals surface area contributed by atoms with Gasteiger partial charge in [-0.05, 0) is 44.4 Å². The first-order valence-electron chi connectivity index (χ1n) is 10.1. The van der Waals surface area contributed by atoms with Gasteiger partial charge in [0.1, 0.15) is 6.54 Å². The minimum Gasteiger partial charge on any atom is -0.348 e. The molecule has 2 aliphatic rings. The van der Waals surface area contributed by atoms with Crippen molar-refractivity contribution in [2.75, 3.05) is 13.1 Å². The third-order valence-electron chi connectivity index (χ3n) is 5.44. The van der Waals surface area contributed by atoms with E-state index in [0.717, 1.165) is 30.6 Å². The molecule has 28 heavy (non-hydrogen) atoms. The molecule has 1 unspecified atom stereocenters. The minimum absolute atomic E-state index is 0.00658. The fourth-order valence-electron chi connectivity index (χ4n) is 3.96. The molecule has 6 nitrogen and oxygen atoms in total. The van der Waals surface area contributed by atoms with Crippen molar-refractivity contribution < 1.29 is 9.59 Å². The number of aromatic nitrogens is 1. The van der Waals surface area contributed by atoms with E-state index >= 15 is 0 Å². The number of carbonyl (C=O) groups is 2. The molecule has 2 heterocycles. The van der Waals surface area contributed by atoms with Gasteiger partial charge in [0.2, 0.25) is 5.91 Å². The largest absolute Gasteiger partial charge is 0.348 e. The van der Waals surface area contributed by atoms with Gasteiger partial charge in [-0.2, -0.15) is 0 Å². The number of nitrogens with zero attached hydrogens (tertiary/aromatic N) is 3. The topological polar surface area (TPSA) is 57.6 Å². The molecule has 0 saturated heterocycles. The number of amides is 3. The summed E-state index contributed by atoms with van der Waals surface area (Å²) >= 11 is 0. The quantitative estimate of drug-likeness (QED) is 0.867. The molecule has 1 aliphatic carbocycles. The summed E-state index contributed by atoms with van der Waals surface area (Å²) in [4.78, 5) is 29.6. The van der Waals surface area contributed by atoms with E-state index in [1.807, 2.05) is 43.0 Å². The van der Waals surface area contributed by atoms with Crippen molar-refractivity contribution in [1.29, 1.82) is 0 Å². The molecule has 3 amide bonds. The van der Waals surface area contributed by atoms with Crippen LogP contribution in [-0.2, 0) is 11.3 Å². The lowest BCUT2D eigenvalue weighted by Gasteiger charge is -2.38. The molecule has 4 rings (SSSR count). The van der Waals surface area contributed by atoms with Crippen molar-refractivity contribution in [2.24, 2.45) is 0 Å². The number of urea groups is 1. The van der Waals surface area contributed by atoms with E-state index < -0.39 is 0 Å². The first-order chi connectivity index (χ1) is 13.5. The van der Waals surface area contributed by atoms with Crippen molar-refractivity contribution in [1.82, 2.24) is 19.7 Å². The summed E-state index contributed by atoms with van der Waals surface area (Å²) in [5.74, 6) is 0.00658. The van der Waals surface area contributed by atoms with Crippen molar-refractivity contribution >= 4 is 11.9 Å². The van der Waals surface area contributed by atoms with Crippen LogP contribution in [0.3, 0.4) is 0 Å². The number of nitrogens with one attached hydrogen (secondary N) is 1. The SMILES string of the molecule is CC(C)NC(=O)N(CC(=O)N1CCn2cccc2C1c1ccccc1)C1CC1. The molecule has 2 aromatic rings. The van der Waals surface area contributed by atoms with E-state index in [-0.39, 0.29) is 36.6 Å². The highest BCUT2D eigenvalue weighted by molar-refractivity contribution is 5.85. The summed E-state index contributed by atoms with van der Waals surface area (Å²) in [6, 6.07) is 14.2. The number of hydrogen-bond acceptors (Lipinski definition) is 2. The van der Waals surface area contributed by atoms with E-state index in [1.54, 1.807) is 4.90 Å². The van der Waals surface area contributed by atoms with Crippen LogP contribution >= 0.6 is 0 Å². The summed E-state index contributed by atoms with van der Waals surface area (Å²) < 4.78 is 2.21. The normalized spacial score (nSPS) is 18.7. The Kier molecular flexibility index (Phi) is 5.11. The standard InChI is InChI=1S/C22H28N4O2/c1-16(2)23-22(28)26(18-10-11-18)15-20(27)25-14-13-24-12-6-9-19(24)21(25)17-7-4-3-5-8-17/h3-9,12,16,18,21H,10-11,13-15H2,1-2H3,(H,23,28). The summed E-state index contributed by atoms with van der Waals surface area (Å²) in [5, 5.41) is 2.94. The second-order valence-corrected chi connectivity index (χ2v) is 7.99. The predicted molar refractivity (Wildman–Crippen MR) is 108 cm³/mol. The Balaban J connectivity index is 1.58. The molecular formula is C22H28N4O2. The average Bonchev–Trinajstić information content (AvgIpc) is 3.41. The molecule has 0 bridgehead atoms. The first kappa shape index (κ1) is 18.6. The van der Waals surface area contributed by atoms with Gasteiger partial charge in [0.05, 0.1) is 6.04 Å². The molecule has 1 saturated carbocycles. The maximum atomic E-state index is 13.3. The first-order valence-corrected chi connectivity index (χ1v) is 10.1. The fourth-order valence-corrected chi connectivity index (χ4v) is 3.96. The number of benzene rings is 1. The third-order valence-corrected chi connectivity index (χ3v) is 5.44.